The second-order valence-corrected chi connectivity index (χ2v) is 10.1. The molecule has 1 aliphatic rings. The number of hydrogen-bond donors (Lipinski definition) is 1. The van der Waals surface area contributed by atoms with Crippen LogP contribution in [0.2, 0.25) is 0 Å². The van der Waals surface area contributed by atoms with Crippen molar-refractivity contribution in [3.63, 3.8) is 0 Å². The molecule has 0 saturated carbocycles. The monoisotopic (exact) mass is 425 g/mol. The number of aromatic nitrogens is 2. The summed E-state index contributed by atoms with van der Waals surface area (Å²) in [5.41, 5.74) is 4.58. The van der Waals surface area contributed by atoms with Crippen molar-refractivity contribution in [2.45, 2.75) is 64.3 Å². The Labute approximate surface area is 180 Å². The van der Waals surface area contributed by atoms with Crippen LogP contribution in [0.3, 0.4) is 0 Å². The first-order valence-electron chi connectivity index (χ1n) is 10.2. The lowest BCUT2D eigenvalue weighted by molar-refractivity contribution is -0.113. The molecule has 0 radical (unpaired) electrons. The molecule has 2 aromatic heterocycles. The van der Waals surface area contributed by atoms with E-state index >= 15 is 0 Å². The van der Waals surface area contributed by atoms with Crippen LogP contribution in [0.5, 0.6) is 0 Å². The van der Waals surface area contributed by atoms with Crippen LogP contribution in [0.15, 0.2) is 23.2 Å². The molecule has 6 heteroatoms. The average molecular weight is 426 g/mol. The van der Waals surface area contributed by atoms with E-state index in [4.69, 9.17) is 9.97 Å². The molecule has 1 aliphatic carbocycles. The fraction of sp³-hybridized carbons (Fsp3) is 0.435. The first kappa shape index (κ1) is 20.4. The Hall–Kier alpha value is -1.92. The van der Waals surface area contributed by atoms with Crippen LogP contribution in [0.25, 0.3) is 10.2 Å². The van der Waals surface area contributed by atoms with Crippen molar-refractivity contribution in [3.8, 4) is 0 Å². The minimum absolute atomic E-state index is 0.00362. The first-order valence-corrected chi connectivity index (χ1v) is 12.0. The number of rotatable bonds is 5. The van der Waals surface area contributed by atoms with Crippen molar-refractivity contribution >= 4 is 44.9 Å². The van der Waals surface area contributed by atoms with Crippen LogP contribution in [-0.2, 0) is 17.6 Å². The van der Waals surface area contributed by atoms with E-state index in [0.29, 0.717) is 5.75 Å². The van der Waals surface area contributed by atoms with Gasteiger partial charge in [-0.15, -0.1) is 11.3 Å². The average Bonchev–Trinajstić information content (AvgIpc) is 3.07. The smallest absolute Gasteiger partial charge is 0.234 e. The van der Waals surface area contributed by atoms with Crippen molar-refractivity contribution in [2.24, 2.45) is 0 Å². The number of aryl methyl sites for hydroxylation is 4. The van der Waals surface area contributed by atoms with Crippen LogP contribution < -0.4 is 5.32 Å². The molecule has 0 saturated heterocycles. The van der Waals surface area contributed by atoms with Crippen molar-refractivity contribution < 1.29 is 4.79 Å². The summed E-state index contributed by atoms with van der Waals surface area (Å²) in [5, 5.41) is 5.21. The van der Waals surface area contributed by atoms with E-state index in [1.54, 1.807) is 0 Å². The van der Waals surface area contributed by atoms with Gasteiger partial charge in [-0.05, 0) is 56.7 Å². The van der Waals surface area contributed by atoms with Gasteiger partial charge in [-0.2, -0.15) is 0 Å². The van der Waals surface area contributed by atoms with E-state index in [1.165, 1.54) is 46.0 Å². The standard InChI is InChI=1S/C23H27N3OS2/c1-13(2)21-25-22(20-16-7-5-6-8-18(16)29-23(20)26-21)28-12-19(27)24-17-10-9-14(3)11-15(17)4/h9-11,13H,5-8,12H2,1-4H3,(H,24,27). The molecule has 29 heavy (non-hydrogen) atoms. The van der Waals surface area contributed by atoms with Crippen LogP contribution in [0, 0.1) is 13.8 Å². The van der Waals surface area contributed by atoms with E-state index in [-0.39, 0.29) is 11.8 Å². The SMILES string of the molecule is Cc1ccc(NC(=O)CSc2nc(C(C)C)nc3sc4c(c23)CCCC4)c(C)c1. The fourth-order valence-corrected chi connectivity index (χ4v) is 5.97. The molecule has 152 valence electrons. The zero-order valence-corrected chi connectivity index (χ0v) is 19.1. The Balaban J connectivity index is 1.59. The topological polar surface area (TPSA) is 54.9 Å². The lowest BCUT2D eigenvalue weighted by atomic mass is 9.97. The van der Waals surface area contributed by atoms with E-state index in [1.807, 2.05) is 30.4 Å². The van der Waals surface area contributed by atoms with Gasteiger partial charge in [0.05, 0.1) is 5.75 Å². The molecule has 0 aliphatic heterocycles. The largest absolute Gasteiger partial charge is 0.325 e. The fourth-order valence-electron chi connectivity index (χ4n) is 3.78. The van der Waals surface area contributed by atoms with Crippen LogP contribution >= 0.6 is 23.1 Å². The molecule has 0 unspecified atom stereocenters. The minimum atomic E-state index is 0.00362. The third-order valence-corrected chi connectivity index (χ3v) is 7.47. The molecule has 4 rings (SSSR count). The van der Waals surface area contributed by atoms with Crippen LogP contribution in [-0.4, -0.2) is 21.6 Å². The Morgan fingerprint density at radius 1 is 1.21 bits per heavy atom. The summed E-state index contributed by atoms with van der Waals surface area (Å²) >= 11 is 3.36. The molecular formula is C23H27N3OS2. The summed E-state index contributed by atoms with van der Waals surface area (Å²) in [6.07, 6.45) is 4.72. The van der Waals surface area contributed by atoms with Gasteiger partial charge >= 0.3 is 0 Å². The number of thiophene rings is 1. The maximum Gasteiger partial charge on any atom is 0.234 e. The minimum Gasteiger partial charge on any atom is -0.325 e. The number of carbonyl (C=O) groups is 1. The quantitative estimate of drug-likeness (QED) is 0.400. The number of hydrogen-bond acceptors (Lipinski definition) is 5. The lowest BCUT2D eigenvalue weighted by Gasteiger charge is -2.13. The number of benzene rings is 1. The van der Waals surface area contributed by atoms with Gasteiger partial charge in [-0.25, -0.2) is 9.97 Å². The third kappa shape index (κ3) is 4.33. The number of fused-ring (bicyclic) bond motifs is 3. The van der Waals surface area contributed by atoms with Crippen LogP contribution in [0.1, 0.15) is 60.0 Å². The first-order chi connectivity index (χ1) is 13.9. The highest BCUT2D eigenvalue weighted by atomic mass is 32.2. The molecule has 0 bridgehead atoms. The number of anilines is 1. The molecule has 1 amide bonds. The van der Waals surface area contributed by atoms with Gasteiger partial charge in [0.1, 0.15) is 15.7 Å². The van der Waals surface area contributed by atoms with Gasteiger partial charge in [-0.3, -0.25) is 4.79 Å². The number of nitrogens with zero attached hydrogens (tertiary/aromatic N) is 2. The number of carbonyl (C=O) groups excluding carboxylic acids is 1. The second-order valence-electron chi connectivity index (χ2n) is 8.09. The number of nitrogens with one attached hydrogen (secondary N) is 1. The van der Waals surface area contributed by atoms with Crippen molar-refractivity contribution in [3.05, 3.63) is 45.6 Å². The molecule has 1 N–H and O–H groups in total. The van der Waals surface area contributed by atoms with Crippen molar-refractivity contribution in [1.82, 2.24) is 9.97 Å². The predicted molar refractivity (Wildman–Crippen MR) is 123 cm³/mol. The van der Waals surface area contributed by atoms with Gasteiger partial charge in [0.2, 0.25) is 5.91 Å². The van der Waals surface area contributed by atoms with Gasteiger partial charge in [0, 0.05) is 21.9 Å². The molecule has 0 atom stereocenters. The molecule has 0 spiro atoms. The Morgan fingerprint density at radius 3 is 2.76 bits per heavy atom. The zero-order chi connectivity index (χ0) is 20.5. The van der Waals surface area contributed by atoms with Gasteiger partial charge < -0.3 is 5.32 Å². The summed E-state index contributed by atoms with van der Waals surface area (Å²) < 4.78 is 0. The highest BCUT2D eigenvalue weighted by molar-refractivity contribution is 8.00. The Bertz CT molecular complexity index is 1070. The molecule has 2 heterocycles. The molecule has 3 aromatic rings. The summed E-state index contributed by atoms with van der Waals surface area (Å²) in [6, 6.07) is 6.09. The summed E-state index contributed by atoms with van der Waals surface area (Å²) in [6.45, 7) is 8.32. The van der Waals surface area contributed by atoms with E-state index < -0.39 is 0 Å². The van der Waals surface area contributed by atoms with Gasteiger partial charge in [0.15, 0.2) is 0 Å². The third-order valence-electron chi connectivity index (χ3n) is 5.31. The maximum atomic E-state index is 12.6. The molecule has 1 aromatic carbocycles. The molecular weight excluding hydrogens is 398 g/mol. The van der Waals surface area contributed by atoms with E-state index in [9.17, 15) is 4.79 Å². The Morgan fingerprint density at radius 2 is 2.00 bits per heavy atom. The maximum absolute atomic E-state index is 12.6. The van der Waals surface area contributed by atoms with E-state index in [2.05, 4.69) is 32.2 Å². The zero-order valence-electron chi connectivity index (χ0n) is 17.5. The number of amides is 1. The van der Waals surface area contributed by atoms with Crippen LogP contribution in [0.4, 0.5) is 5.69 Å². The van der Waals surface area contributed by atoms with Gasteiger partial charge in [0.25, 0.3) is 0 Å². The molecule has 0 fully saturated rings. The molecule has 4 nitrogen and oxygen atoms in total. The second kappa shape index (κ2) is 8.44. The van der Waals surface area contributed by atoms with E-state index in [0.717, 1.165) is 39.8 Å². The highest BCUT2D eigenvalue weighted by Gasteiger charge is 2.22. The van der Waals surface area contributed by atoms with Gasteiger partial charge in [-0.1, -0.05) is 43.3 Å². The van der Waals surface area contributed by atoms with Crippen molar-refractivity contribution in [2.75, 3.05) is 11.1 Å². The Kier molecular flexibility index (Phi) is 5.93. The summed E-state index contributed by atoms with van der Waals surface area (Å²) in [7, 11) is 0. The predicted octanol–water partition coefficient (Wildman–Crippen LogP) is 6.04. The van der Waals surface area contributed by atoms with Crippen molar-refractivity contribution in [1.29, 1.82) is 0 Å². The lowest BCUT2D eigenvalue weighted by Crippen LogP contribution is -2.15. The summed E-state index contributed by atoms with van der Waals surface area (Å²) in [4.78, 5) is 24.9. The highest BCUT2D eigenvalue weighted by Crippen LogP contribution is 2.40. The normalized spacial score (nSPS) is 13.7. The summed E-state index contributed by atoms with van der Waals surface area (Å²) in [5.74, 6) is 1.49. The number of thioether (sulfide) groups is 1.